The van der Waals surface area contributed by atoms with E-state index in [0.29, 0.717) is 19.4 Å². The van der Waals surface area contributed by atoms with Gasteiger partial charge in [0.25, 0.3) is 5.91 Å². The summed E-state index contributed by atoms with van der Waals surface area (Å²) in [5.41, 5.74) is -0.717. The highest BCUT2D eigenvalue weighted by atomic mass is 16.7. The van der Waals surface area contributed by atoms with Crippen molar-refractivity contribution in [2.75, 3.05) is 6.54 Å². The first-order chi connectivity index (χ1) is 8.85. The minimum Gasteiger partial charge on any atom is -0.372 e. The molecule has 108 valence electrons. The van der Waals surface area contributed by atoms with Gasteiger partial charge in [0.1, 0.15) is 6.04 Å². The Morgan fingerprint density at radius 1 is 1.32 bits per heavy atom. The number of hydrogen-bond donors (Lipinski definition) is 1. The number of likely N-dealkylation sites (tertiary alicyclic amines) is 1. The molecule has 2 N–H and O–H groups in total. The van der Waals surface area contributed by atoms with Gasteiger partial charge in [-0.2, -0.15) is 5.90 Å². The molecule has 0 aromatic rings. The fraction of sp³-hybridized carbons (Fsp3) is 0.769. The Morgan fingerprint density at radius 2 is 1.95 bits per heavy atom. The van der Waals surface area contributed by atoms with Gasteiger partial charge in [-0.25, -0.2) is 4.79 Å². The van der Waals surface area contributed by atoms with E-state index < -0.39 is 29.1 Å². The number of nitrogens with two attached hydrogens (primary N) is 1. The van der Waals surface area contributed by atoms with E-state index in [1.54, 1.807) is 13.8 Å². The third-order valence-electron chi connectivity index (χ3n) is 3.84. The van der Waals surface area contributed by atoms with Gasteiger partial charge in [0.05, 0.1) is 0 Å². The lowest BCUT2D eigenvalue weighted by molar-refractivity contribution is -0.161. The van der Waals surface area contributed by atoms with Gasteiger partial charge in [-0.05, 0) is 25.7 Å². The van der Waals surface area contributed by atoms with E-state index in [1.165, 1.54) is 4.90 Å². The highest BCUT2D eigenvalue weighted by Crippen LogP contribution is 2.25. The predicted molar refractivity (Wildman–Crippen MR) is 68.7 cm³/mol. The van der Waals surface area contributed by atoms with Gasteiger partial charge in [0, 0.05) is 12.0 Å². The molecular weight excluding hydrogens is 248 g/mol. The molecule has 1 atom stereocenters. The summed E-state index contributed by atoms with van der Waals surface area (Å²) < 4.78 is 0. The van der Waals surface area contributed by atoms with Gasteiger partial charge in [-0.15, -0.1) is 0 Å². The van der Waals surface area contributed by atoms with E-state index in [2.05, 4.69) is 4.84 Å². The minimum atomic E-state index is -0.733. The first-order valence-electron chi connectivity index (χ1n) is 6.61. The van der Waals surface area contributed by atoms with E-state index in [4.69, 9.17) is 5.90 Å². The molecule has 1 rings (SSSR count). The Morgan fingerprint density at radius 3 is 2.47 bits per heavy atom. The van der Waals surface area contributed by atoms with E-state index in [1.807, 2.05) is 6.92 Å². The second kappa shape index (κ2) is 6.14. The summed E-state index contributed by atoms with van der Waals surface area (Å²) in [6, 6.07) is -0.733. The van der Waals surface area contributed by atoms with Crippen molar-refractivity contribution in [3.05, 3.63) is 0 Å². The average Bonchev–Trinajstić information content (AvgIpc) is 2.44. The summed E-state index contributed by atoms with van der Waals surface area (Å²) in [6.45, 7) is 5.71. The molecule has 1 aliphatic heterocycles. The Bertz CT molecular complexity index is 379. The number of amides is 1. The van der Waals surface area contributed by atoms with Gasteiger partial charge < -0.3 is 9.74 Å². The fourth-order valence-corrected chi connectivity index (χ4v) is 2.08. The maximum Gasteiger partial charge on any atom is 0.347 e. The van der Waals surface area contributed by atoms with Crippen LogP contribution in [-0.2, 0) is 19.2 Å². The molecule has 1 unspecified atom stereocenters. The van der Waals surface area contributed by atoms with Crippen LogP contribution in [0.15, 0.2) is 0 Å². The Kier molecular flexibility index (Phi) is 5.05. The fourth-order valence-electron chi connectivity index (χ4n) is 2.08. The number of rotatable bonds is 4. The first kappa shape index (κ1) is 15.6. The van der Waals surface area contributed by atoms with Crippen molar-refractivity contribution in [3.8, 4) is 0 Å². The van der Waals surface area contributed by atoms with Crippen molar-refractivity contribution >= 4 is 17.7 Å². The number of hydrogen-bond acceptors (Lipinski definition) is 5. The molecular formula is C13H22N2O4. The van der Waals surface area contributed by atoms with Gasteiger partial charge in [-0.3, -0.25) is 9.59 Å². The van der Waals surface area contributed by atoms with Gasteiger partial charge in [-0.1, -0.05) is 20.8 Å². The van der Waals surface area contributed by atoms with Gasteiger partial charge >= 0.3 is 5.97 Å². The number of Topliss-reactive ketones (excluding diaryl/α,β-unsaturated/α-hetero) is 1. The number of piperidine rings is 1. The molecule has 6 heteroatoms. The van der Waals surface area contributed by atoms with E-state index in [9.17, 15) is 14.4 Å². The number of carbonyl (C=O) groups is 3. The second-order valence-corrected chi connectivity index (χ2v) is 5.51. The molecule has 0 aromatic carbocycles. The summed E-state index contributed by atoms with van der Waals surface area (Å²) in [6.07, 6.45) is 2.65. The topological polar surface area (TPSA) is 89.7 Å². The van der Waals surface area contributed by atoms with Crippen LogP contribution in [-0.4, -0.2) is 35.1 Å². The molecule has 6 nitrogen and oxygen atoms in total. The van der Waals surface area contributed by atoms with Crippen LogP contribution < -0.4 is 5.90 Å². The monoisotopic (exact) mass is 270 g/mol. The third-order valence-corrected chi connectivity index (χ3v) is 3.84. The van der Waals surface area contributed by atoms with Crippen LogP contribution in [0.2, 0.25) is 0 Å². The lowest BCUT2D eigenvalue weighted by Gasteiger charge is -2.34. The van der Waals surface area contributed by atoms with Crippen molar-refractivity contribution < 1.29 is 19.2 Å². The zero-order chi connectivity index (χ0) is 14.6. The van der Waals surface area contributed by atoms with Crippen molar-refractivity contribution in [3.63, 3.8) is 0 Å². The van der Waals surface area contributed by atoms with Crippen LogP contribution in [0.1, 0.15) is 46.5 Å². The number of nitrogens with zero attached hydrogens (tertiary/aromatic N) is 1. The third kappa shape index (κ3) is 3.32. The standard InChI is InChI=1S/C13H22N2O4/c1-4-13(2,3)10(16)11(17)15-8-6-5-7-9(15)12(18)19-14/h9H,4-8,14H2,1-3H3. The molecule has 0 aliphatic carbocycles. The van der Waals surface area contributed by atoms with Crippen molar-refractivity contribution in [1.82, 2.24) is 4.90 Å². The molecule has 0 radical (unpaired) electrons. The Balaban J connectivity index is 2.89. The first-order valence-corrected chi connectivity index (χ1v) is 6.61. The molecule has 1 saturated heterocycles. The van der Waals surface area contributed by atoms with Crippen LogP contribution in [0.5, 0.6) is 0 Å². The SMILES string of the molecule is CCC(C)(C)C(=O)C(=O)N1CCCCC1C(=O)ON. The van der Waals surface area contributed by atoms with Crippen LogP contribution in [0.4, 0.5) is 0 Å². The van der Waals surface area contributed by atoms with E-state index in [0.717, 1.165) is 12.8 Å². The number of carbonyl (C=O) groups excluding carboxylic acids is 3. The number of ketones is 1. The zero-order valence-corrected chi connectivity index (χ0v) is 11.8. The molecule has 0 aromatic heterocycles. The highest BCUT2D eigenvalue weighted by Gasteiger charge is 2.40. The van der Waals surface area contributed by atoms with Crippen molar-refractivity contribution in [1.29, 1.82) is 0 Å². The maximum atomic E-state index is 12.3. The predicted octanol–water partition coefficient (Wildman–Crippen LogP) is 0.790. The minimum absolute atomic E-state index is 0.393. The van der Waals surface area contributed by atoms with Crippen LogP contribution in [0.3, 0.4) is 0 Å². The molecule has 1 amide bonds. The molecule has 1 aliphatic rings. The summed E-state index contributed by atoms with van der Waals surface area (Å²) in [7, 11) is 0. The van der Waals surface area contributed by atoms with E-state index in [-0.39, 0.29) is 0 Å². The zero-order valence-electron chi connectivity index (χ0n) is 11.8. The second-order valence-electron chi connectivity index (χ2n) is 5.51. The van der Waals surface area contributed by atoms with Crippen molar-refractivity contribution in [2.24, 2.45) is 11.3 Å². The normalized spacial score (nSPS) is 20.0. The van der Waals surface area contributed by atoms with Gasteiger partial charge in [0.2, 0.25) is 5.78 Å². The Labute approximate surface area is 113 Å². The van der Waals surface area contributed by atoms with Crippen LogP contribution >= 0.6 is 0 Å². The largest absolute Gasteiger partial charge is 0.372 e. The molecule has 1 heterocycles. The highest BCUT2D eigenvalue weighted by molar-refractivity contribution is 6.38. The maximum absolute atomic E-state index is 12.3. The summed E-state index contributed by atoms with van der Waals surface area (Å²) >= 11 is 0. The lowest BCUT2D eigenvalue weighted by Crippen LogP contribution is -2.53. The summed E-state index contributed by atoms with van der Waals surface area (Å²) in [5, 5.41) is 0. The molecule has 0 spiro atoms. The molecule has 0 saturated carbocycles. The van der Waals surface area contributed by atoms with Crippen molar-refractivity contribution in [2.45, 2.75) is 52.5 Å². The van der Waals surface area contributed by atoms with Crippen LogP contribution in [0, 0.1) is 5.41 Å². The lowest BCUT2D eigenvalue weighted by atomic mass is 9.84. The van der Waals surface area contributed by atoms with Gasteiger partial charge in [0.15, 0.2) is 0 Å². The smallest absolute Gasteiger partial charge is 0.347 e. The molecule has 19 heavy (non-hydrogen) atoms. The average molecular weight is 270 g/mol. The van der Waals surface area contributed by atoms with E-state index >= 15 is 0 Å². The molecule has 1 fully saturated rings. The summed E-state index contributed by atoms with van der Waals surface area (Å²) in [4.78, 5) is 41.5. The Hall–Kier alpha value is -1.43. The van der Waals surface area contributed by atoms with Crippen LogP contribution in [0.25, 0.3) is 0 Å². The molecule has 0 bridgehead atoms. The summed E-state index contributed by atoms with van der Waals surface area (Å²) in [5.74, 6) is 3.15. The quantitative estimate of drug-likeness (QED) is 0.602.